The van der Waals surface area contributed by atoms with Crippen LogP contribution in [0, 0.1) is 18.8 Å². The Morgan fingerprint density at radius 3 is 1.93 bits per heavy atom. The Morgan fingerprint density at radius 2 is 1.26 bits per heavy atom. The largest absolute Gasteiger partial charge is 0.509 e. The SMILES string of the molecule is CC(C)(C)c1ccnc(-n2c3[c-]c(Oc4[c-]c(N5[CH-]N(c6c(C(C)(C)C)cc(C(C)(C)C)cc6C(C)(C)C)c6cnccc65)ccc4)ccc3c3ccccc32)c1.[Pt]. The predicted octanol–water partition coefficient (Wildman–Crippen LogP) is 13.6. The van der Waals surface area contributed by atoms with Crippen molar-refractivity contribution in [2.75, 3.05) is 9.80 Å². The summed E-state index contributed by atoms with van der Waals surface area (Å²) in [6.45, 7) is 29.6. The molecule has 0 bridgehead atoms. The molecule has 0 radical (unpaired) electrons. The summed E-state index contributed by atoms with van der Waals surface area (Å²) >= 11 is 0. The van der Waals surface area contributed by atoms with Crippen molar-refractivity contribution in [2.24, 2.45) is 0 Å². The fraction of sp³-hybridized carbons (Fsp3) is 0.314. The van der Waals surface area contributed by atoms with Crippen molar-refractivity contribution in [1.29, 1.82) is 0 Å². The maximum absolute atomic E-state index is 6.61. The molecule has 7 aromatic rings. The van der Waals surface area contributed by atoms with E-state index in [9.17, 15) is 0 Å². The summed E-state index contributed by atoms with van der Waals surface area (Å²) < 4.78 is 8.80. The first kappa shape index (κ1) is 41.2. The third-order valence-electron chi connectivity index (χ3n) is 11.0. The van der Waals surface area contributed by atoms with Gasteiger partial charge in [0, 0.05) is 61.8 Å². The van der Waals surface area contributed by atoms with E-state index in [1.165, 1.54) is 27.9 Å². The van der Waals surface area contributed by atoms with E-state index < -0.39 is 0 Å². The van der Waals surface area contributed by atoms with Gasteiger partial charge in [0.1, 0.15) is 5.82 Å². The Morgan fingerprint density at radius 1 is 0.586 bits per heavy atom. The molecule has 58 heavy (non-hydrogen) atoms. The molecule has 6 nitrogen and oxygen atoms in total. The minimum Gasteiger partial charge on any atom is -0.509 e. The van der Waals surface area contributed by atoms with Gasteiger partial charge >= 0.3 is 0 Å². The quantitative estimate of drug-likeness (QED) is 0.161. The van der Waals surface area contributed by atoms with E-state index in [0.29, 0.717) is 11.5 Å². The molecule has 0 amide bonds. The average molecular weight is 948 g/mol. The molecule has 0 fully saturated rings. The topological polar surface area (TPSA) is 46.4 Å². The third kappa shape index (κ3) is 7.57. The van der Waals surface area contributed by atoms with Crippen LogP contribution in [0.15, 0.2) is 104 Å². The first-order valence-electron chi connectivity index (χ1n) is 20.0. The molecule has 4 aromatic carbocycles. The minimum absolute atomic E-state index is 0. The van der Waals surface area contributed by atoms with Gasteiger partial charge in [-0.15, -0.1) is 48.1 Å². The molecular formula is C51H54N5OPt-3. The summed E-state index contributed by atoms with van der Waals surface area (Å²) in [5, 5.41) is 2.24. The van der Waals surface area contributed by atoms with Gasteiger partial charge in [0.15, 0.2) is 0 Å². The van der Waals surface area contributed by atoms with E-state index in [1.807, 2.05) is 36.8 Å². The Labute approximate surface area is 359 Å². The van der Waals surface area contributed by atoms with Crippen LogP contribution in [-0.2, 0) is 42.7 Å². The second kappa shape index (κ2) is 14.7. The Kier molecular flexibility index (Phi) is 10.5. The molecule has 0 N–H and O–H groups in total. The first-order valence-corrected chi connectivity index (χ1v) is 20.0. The van der Waals surface area contributed by atoms with Crippen molar-refractivity contribution in [3.8, 4) is 17.3 Å². The van der Waals surface area contributed by atoms with E-state index in [4.69, 9.17) is 9.72 Å². The van der Waals surface area contributed by atoms with E-state index in [0.717, 1.165) is 44.7 Å². The van der Waals surface area contributed by atoms with Crippen molar-refractivity contribution in [3.63, 3.8) is 0 Å². The molecular weight excluding hydrogens is 894 g/mol. The standard InChI is InChI=1S/C51H54N5O.Pt/c1-48(2,3)33-22-25-53-46(28-33)56-42-19-14-13-18-38(42)39-21-20-37(30-44(39)56)57-36-17-15-16-35(29-36)54-32-55(45-31-52-24-23-43(45)54)47-40(50(7,8)9)26-34(49(4,5)6)27-41(47)51(10,11)12;/h13-28,31-32H,1-12H3;/q-3;. The maximum Gasteiger partial charge on any atom is 0.135 e. The molecule has 7 heteroatoms. The number of fused-ring (bicyclic) bond motifs is 4. The molecule has 0 unspecified atom stereocenters. The molecule has 0 saturated carbocycles. The Balaban J connectivity index is 0.00000512. The molecule has 1 aliphatic heterocycles. The molecule has 0 spiro atoms. The average Bonchev–Trinajstić information content (AvgIpc) is 3.69. The van der Waals surface area contributed by atoms with E-state index in [1.54, 1.807) is 0 Å². The number of para-hydroxylation sites is 1. The predicted molar refractivity (Wildman–Crippen MR) is 237 cm³/mol. The van der Waals surface area contributed by atoms with Crippen molar-refractivity contribution in [3.05, 3.63) is 145 Å². The molecule has 0 saturated heterocycles. The summed E-state index contributed by atoms with van der Waals surface area (Å²) in [7, 11) is 0. The van der Waals surface area contributed by atoms with Gasteiger partial charge in [-0.2, -0.15) is 12.1 Å². The third-order valence-corrected chi connectivity index (χ3v) is 11.0. The number of pyridine rings is 2. The van der Waals surface area contributed by atoms with Crippen LogP contribution >= 0.6 is 0 Å². The van der Waals surface area contributed by atoms with Crippen molar-refractivity contribution in [1.82, 2.24) is 14.5 Å². The number of benzene rings is 4. The van der Waals surface area contributed by atoms with Crippen molar-refractivity contribution in [2.45, 2.75) is 105 Å². The van der Waals surface area contributed by atoms with E-state index >= 15 is 0 Å². The van der Waals surface area contributed by atoms with Crippen LogP contribution < -0.4 is 14.5 Å². The molecule has 1 aliphatic rings. The van der Waals surface area contributed by atoms with Crippen LogP contribution in [-0.4, -0.2) is 14.5 Å². The summed E-state index contributed by atoms with van der Waals surface area (Å²) in [5.74, 6) is 2.06. The van der Waals surface area contributed by atoms with Crippen LogP contribution in [0.5, 0.6) is 11.5 Å². The number of hydrogen-bond donors (Lipinski definition) is 0. The number of hydrogen-bond acceptors (Lipinski definition) is 5. The summed E-state index contributed by atoms with van der Waals surface area (Å²) in [6.07, 6.45) is 5.73. The second-order valence-electron chi connectivity index (χ2n) is 19.5. The summed E-state index contributed by atoms with van der Waals surface area (Å²) in [5.41, 5.74) is 11.0. The number of nitrogens with zero attached hydrogens (tertiary/aromatic N) is 5. The smallest absolute Gasteiger partial charge is 0.135 e. The van der Waals surface area contributed by atoms with Crippen LogP contribution in [0.1, 0.15) is 105 Å². The number of aromatic nitrogens is 3. The molecule has 8 rings (SSSR count). The normalized spacial score (nSPS) is 13.6. The van der Waals surface area contributed by atoms with Gasteiger partial charge < -0.3 is 19.1 Å². The van der Waals surface area contributed by atoms with Gasteiger partial charge in [0.25, 0.3) is 0 Å². The van der Waals surface area contributed by atoms with Gasteiger partial charge in [-0.05, 0) is 73.6 Å². The van der Waals surface area contributed by atoms with Crippen LogP contribution in [0.25, 0.3) is 27.6 Å². The van der Waals surface area contributed by atoms with Gasteiger partial charge in [0.05, 0.1) is 11.9 Å². The number of rotatable bonds is 5. The summed E-state index contributed by atoms with van der Waals surface area (Å²) in [4.78, 5) is 14.0. The van der Waals surface area contributed by atoms with Crippen molar-refractivity contribution >= 4 is 44.6 Å². The fourth-order valence-corrected chi connectivity index (χ4v) is 7.78. The molecule has 4 heterocycles. The first-order chi connectivity index (χ1) is 26.8. The van der Waals surface area contributed by atoms with E-state index in [-0.39, 0.29) is 42.7 Å². The van der Waals surface area contributed by atoms with Crippen LogP contribution in [0.3, 0.4) is 0 Å². The minimum atomic E-state index is -0.116. The molecule has 0 aliphatic carbocycles. The zero-order valence-electron chi connectivity index (χ0n) is 35.9. The molecule has 3 aromatic heterocycles. The van der Waals surface area contributed by atoms with Crippen molar-refractivity contribution < 1.29 is 25.8 Å². The molecule has 302 valence electrons. The zero-order chi connectivity index (χ0) is 40.7. The Bertz CT molecular complexity index is 2610. The van der Waals surface area contributed by atoms with Gasteiger partial charge in [-0.25, -0.2) is 4.98 Å². The maximum atomic E-state index is 6.61. The number of anilines is 4. The van der Waals surface area contributed by atoms with Gasteiger partial charge in [0.2, 0.25) is 0 Å². The van der Waals surface area contributed by atoms with Crippen LogP contribution in [0.4, 0.5) is 22.7 Å². The molecule has 0 atom stereocenters. The zero-order valence-corrected chi connectivity index (χ0v) is 38.1. The monoisotopic (exact) mass is 947 g/mol. The van der Waals surface area contributed by atoms with Gasteiger partial charge in [-0.3, -0.25) is 4.98 Å². The Hall–Kier alpha value is -4.93. The number of ether oxygens (including phenoxy) is 1. The van der Waals surface area contributed by atoms with E-state index in [2.05, 4.69) is 188 Å². The second-order valence-corrected chi connectivity index (χ2v) is 19.5. The van der Waals surface area contributed by atoms with Crippen LogP contribution in [0.2, 0.25) is 0 Å². The van der Waals surface area contributed by atoms with Gasteiger partial charge in [-0.1, -0.05) is 119 Å². The fourth-order valence-electron chi connectivity index (χ4n) is 7.78. The summed E-state index contributed by atoms with van der Waals surface area (Å²) in [6, 6.07) is 37.0.